The van der Waals surface area contributed by atoms with Gasteiger partial charge >= 0.3 is 225 Å². The molecular formula is C30H62NO4P. The van der Waals surface area contributed by atoms with Crippen molar-refractivity contribution in [3.05, 3.63) is 0 Å². The monoisotopic (exact) mass is 531 g/mol. The minimum absolute atomic E-state index is 0.0535. The van der Waals surface area contributed by atoms with Crippen LogP contribution in [0, 0.1) is 5.92 Å². The Balaban J connectivity index is 2.79. The zero-order chi connectivity index (χ0) is 27.4. The van der Waals surface area contributed by atoms with Crippen LogP contribution in [0.5, 0.6) is 0 Å². The first-order chi connectivity index (χ1) is 17.0. The predicted octanol–water partition coefficient (Wildman–Crippen LogP) is 7.43. The number of rotatable bonds is 18. The van der Waals surface area contributed by atoms with Gasteiger partial charge in [0.2, 0.25) is 0 Å². The van der Waals surface area contributed by atoms with E-state index in [1.165, 1.54) is 63.2 Å². The van der Waals surface area contributed by atoms with Gasteiger partial charge in [-0.15, -0.1) is 0 Å². The van der Waals surface area contributed by atoms with Gasteiger partial charge in [0.25, 0.3) is 0 Å². The van der Waals surface area contributed by atoms with Gasteiger partial charge in [-0.1, -0.05) is 0 Å². The molecule has 0 amide bonds. The van der Waals surface area contributed by atoms with Crippen molar-refractivity contribution in [1.29, 1.82) is 0 Å². The number of hydroxylamine groups is 2. The van der Waals surface area contributed by atoms with Crippen molar-refractivity contribution in [3.8, 4) is 0 Å². The molecule has 0 radical (unpaired) electrons. The average molecular weight is 532 g/mol. The van der Waals surface area contributed by atoms with E-state index in [-0.39, 0.29) is 29.1 Å². The van der Waals surface area contributed by atoms with Crippen LogP contribution in [0.3, 0.4) is 0 Å². The van der Waals surface area contributed by atoms with Crippen LogP contribution in [0.4, 0.5) is 0 Å². The number of aliphatic hydroxyl groups excluding tert-OH is 1. The van der Waals surface area contributed by atoms with Crippen molar-refractivity contribution >= 4 is 13.2 Å². The Morgan fingerprint density at radius 3 is 1.89 bits per heavy atom. The fourth-order valence-electron chi connectivity index (χ4n) is 6.27. The molecule has 1 heterocycles. The second-order valence-corrected chi connectivity index (χ2v) is 17.2. The number of nitrogens with zero attached hydrogens (tertiary/aromatic N) is 1. The van der Waals surface area contributed by atoms with Gasteiger partial charge < -0.3 is 0 Å². The number of hydrogen-bond donors (Lipinski definition) is 1. The van der Waals surface area contributed by atoms with E-state index in [0.717, 1.165) is 19.3 Å². The molecule has 0 bridgehead atoms. The van der Waals surface area contributed by atoms with Crippen LogP contribution in [0.15, 0.2) is 0 Å². The summed E-state index contributed by atoms with van der Waals surface area (Å²) in [6.45, 7) is 19.9. The van der Waals surface area contributed by atoms with Crippen LogP contribution >= 0.6 is 7.26 Å². The predicted molar refractivity (Wildman–Crippen MR) is 158 cm³/mol. The zero-order valence-electron chi connectivity index (χ0n) is 25.5. The Labute approximate surface area is 224 Å². The van der Waals surface area contributed by atoms with Crippen molar-refractivity contribution in [2.45, 2.75) is 150 Å². The number of carbonyl (C=O) groups excluding carboxylic acids is 1. The van der Waals surface area contributed by atoms with Crippen LogP contribution in [0.1, 0.15) is 127 Å². The number of unbranched alkanes of at least 4 members (excludes halogenated alkanes) is 3. The van der Waals surface area contributed by atoms with Crippen molar-refractivity contribution < 1.29 is 19.5 Å². The molecule has 5 atom stereocenters. The van der Waals surface area contributed by atoms with Gasteiger partial charge in [0, 0.05) is 0 Å². The molecule has 1 aliphatic rings. The summed E-state index contributed by atoms with van der Waals surface area (Å²) in [6.07, 6.45) is 15.7. The first-order valence-corrected chi connectivity index (χ1v) is 18.1. The quantitative estimate of drug-likeness (QED) is 0.113. The topological polar surface area (TPSA) is 59.0 Å². The van der Waals surface area contributed by atoms with E-state index in [1.807, 2.05) is 12.0 Å². The Morgan fingerprint density at radius 2 is 1.44 bits per heavy atom. The van der Waals surface area contributed by atoms with Crippen LogP contribution in [0.25, 0.3) is 0 Å². The van der Waals surface area contributed by atoms with Crippen LogP contribution in [-0.4, -0.2) is 70.7 Å². The Kier molecular flexibility index (Phi) is 15.0. The molecule has 1 rings (SSSR count). The Bertz CT molecular complexity index is 610. The summed E-state index contributed by atoms with van der Waals surface area (Å²) >= 11 is 0. The number of piperidine rings is 1. The van der Waals surface area contributed by atoms with E-state index >= 15 is 0 Å². The molecule has 1 fully saturated rings. The molecule has 216 valence electrons. The molecule has 0 aromatic heterocycles. The molecule has 6 heteroatoms. The van der Waals surface area contributed by atoms with Gasteiger partial charge in [-0.25, -0.2) is 0 Å². The van der Waals surface area contributed by atoms with E-state index in [2.05, 4.69) is 55.4 Å². The second kappa shape index (κ2) is 16.0. The molecule has 1 N–H and O–H groups in total. The molecule has 5 unspecified atom stereocenters. The van der Waals surface area contributed by atoms with Crippen LogP contribution < -0.4 is 0 Å². The molecule has 1 saturated heterocycles. The van der Waals surface area contributed by atoms with Gasteiger partial charge in [0.15, 0.2) is 0 Å². The molecule has 0 spiro atoms. The number of ether oxygens (including phenoxy) is 1. The number of aliphatic hydroxyl groups is 1. The summed E-state index contributed by atoms with van der Waals surface area (Å²) in [7, 11) is -1.31. The third-order valence-corrected chi connectivity index (χ3v) is 15.2. The minimum atomic E-state index is -1.31. The Morgan fingerprint density at radius 1 is 0.944 bits per heavy atom. The standard InChI is InChI=1S/C30H62NO4P/c1-10-15-20-36(21-16-11-2,22-17-12-3)23-18-19-34-28(33)26(7)35-31-29(8,13-4)24-27(32)25(6)30(31,9)14-5/h25-27,32,36H,10-24H2,1-9H3. The van der Waals surface area contributed by atoms with Crippen molar-refractivity contribution in [1.82, 2.24) is 5.06 Å². The van der Waals surface area contributed by atoms with Crippen molar-refractivity contribution in [2.24, 2.45) is 5.92 Å². The zero-order valence-corrected chi connectivity index (χ0v) is 26.5. The first kappa shape index (κ1) is 33.8. The molecule has 0 aliphatic carbocycles. The number of hydrogen-bond acceptors (Lipinski definition) is 5. The first-order valence-electron chi connectivity index (χ1n) is 15.3. The Hall–Kier alpha value is -0.220. The maximum absolute atomic E-state index is 13.0. The molecule has 36 heavy (non-hydrogen) atoms. The van der Waals surface area contributed by atoms with Crippen LogP contribution in [-0.2, 0) is 14.4 Å². The number of esters is 1. The third-order valence-electron chi connectivity index (χ3n) is 9.51. The summed E-state index contributed by atoms with van der Waals surface area (Å²) in [4.78, 5) is 19.4. The van der Waals surface area contributed by atoms with Crippen LogP contribution in [0.2, 0.25) is 0 Å². The summed E-state index contributed by atoms with van der Waals surface area (Å²) < 4.78 is 5.79. The summed E-state index contributed by atoms with van der Waals surface area (Å²) in [5.74, 6) is -0.216. The average Bonchev–Trinajstić information content (AvgIpc) is 2.88. The number of carbonyl (C=O) groups is 1. The fourth-order valence-corrected chi connectivity index (χ4v) is 12.0. The molecule has 0 saturated carbocycles. The van der Waals surface area contributed by atoms with E-state index in [9.17, 15) is 9.90 Å². The van der Waals surface area contributed by atoms with E-state index < -0.39 is 13.4 Å². The molecule has 0 aromatic carbocycles. The molecular weight excluding hydrogens is 469 g/mol. The van der Waals surface area contributed by atoms with E-state index in [0.29, 0.717) is 13.0 Å². The van der Waals surface area contributed by atoms with Crippen molar-refractivity contribution in [3.63, 3.8) is 0 Å². The van der Waals surface area contributed by atoms with E-state index in [1.54, 1.807) is 0 Å². The summed E-state index contributed by atoms with van der Waals surface area (Å²) in [6, 6.07) is 0. The van der Waals surface area contributed by atoms with Crippen molar-refractivity contribution in [2.75, 3.05) is 31.3 Å². The SMILES string of the molecule is CCCC[PH](CCCC)(CCCC)CCCOC(=O)C(C)ON1C(C)(CC)CC(O)C(C)C1(C)CC. The normalized spacial score (nSPS) is 28.7. The summed E-state index contributed by atoms with van der Waals surface area (Å²) in [5.41, 5.74) is -0.672. The third kappa shape index (κ3) is 8.92. The van der Waals surface area contributed by atoms with E-state index in [4.69, 9.17) is 9.57 Å². The molecule has 1 aliphatic heterocycles. The molecule has 5 nitrogen and oxygen atoms in total. The van der Waals surface area contributed by atoms with Gasteiger partial charge in [0.05, 0.1) is 0 Å². The van der Waals surface area contributed by atoms with Gasteiger partial charge in [-0.2, -0.15) is 0 Å². The van der Waals surface area contributed by atoms with Gasteiger partial charge in [0.1, 0.15) is 0 Å². The fraction of sp³-hybridized carbons (Fsp3) is 0.967. The maximum atomic E-state index is 13.0. The van der Waals surface area contributed by atoms with Gasteiger partial charge in [-0.3, -0.25) is 0 Å². The molecule has 0 aromatic rings. The second-order valence-electron chi connectivity index (χ2n) is 12.2. The van der Waals surface area contributed by atoms with Gasteiger partial charge in [-0.05, 0) is 0 Å². The summed E-state index contributed by atoms with van der Waals surface area (Å²) in [5, 5.41) is 12.8.